The maximum absolute atomic E-state index is 13.5. The Morgan fingerprint density at radius 1 is 1.17 bits per heavy atom. The van der Waals surface area contributed by atoms with E-state index in [0.29, 0.717) is 11.7 Å². The molecule has 3 N–H and O–H groups in total. The number of nitrogens with one attached hydrogen (secondary N) is 1. The van der Waals surface area contributed by atoms with Gasteiger partial charge in [0.25, 0.3) is 5.91 Å². The number of likely N-dealkylation sites (tertiary alicyclic amines) is 1. The zero-order valence-electron chi connectivity index (χ0n) is 20.3. The van der Waals surface area contributed by atoms with E-state index >= 15 is 0 Å². The van der Waals surface area contributed by atoms with Gasteiger partial charge in [-0.05, 0) is 55.4 Å². The Labute approximate surface area is 205 Å². The topological polar surface area (TPSA) is 134 Å². The highest BCUT2D eigenvalue weighted by molar-refractivity contribution is 6.12. The molecule has 10 nitrogen and oxygen atoms in total. The van der Waals surface area contributed by atoms with Crippen molar-refractivity contribution in [1.82, 2.24) is 25.2 Å². The van der Waals surface area contributed by atoms with Crippen LogP contribution in [0.5, 0.6) is 0 Å². The van der Waals surface area contributed by atoms with E-state index in [0.717, 1.165) is 42.6 Å². The molecule has 0 aromatic carbocycles. The Balaban J connectivity index is 1.56. The molecule has 0 spiro atoms. The minimum absolute atomic E-state index is 0.0272. The Kier molecular flexibility index (Phi) is 7.57. The van der Waals surface area contributed by atoms with Crippen LogP contribution >= 0.6 is 0 Å². The molecule has 35 heavy (non-hydrogen) atoms. The molecule has 0 radical (unpaired) electrons. The number of anilines is 2. The van der Waals surface area contributed by atoms with Crippen molar-refractivity contribution in [3.8, 4) is 0 Å². The van der Waals surface area contributed by atoms with Crippen LogP contribution in [0.4, 0.5) is 16.6 Å². The average Bonchev–Trinajstić information content (AvgIpc) is 2.89. The van der Waals surface area contributed by atoms with Gasteiger partial charge in [0.05, 0.1) is 5.92 Å². The first-order valence-electron chi connectivity index (χ1n) is 12.3. The Morgan fingerprint density at radius 3 is 2.54 bits per heavy atom. The van der Waals surface area contributed by atoms with E-state index in [1.807, 2.05) is 6.92 Å². The summed E-state index contributed by atoms with van der Waals surface area (Å²) in [5.74, 6) is -0.562. The number of nitrogens with zero attached hydrogens (tertiary/aromatic N) is 5. The second-order valence-corrected chi connectivity index (χ2v) is 9.36. The van der Waals surface area contributed by atoms with Crippen molar-refractivity contribution < 1.29 is 14.4 Å². The lowest BCUT2D eigenvalue weighted by Gasteiger charge is -2.46. The zero-order valence-corrected chi connectivity index (χ0v) is 20.3. The predicted molar refractivity (Wildman–Crippen MR) is 131 cm³/mol. The summed E-state index contributed by atoms with van der Waals surface area (Å²) in [6.45, 7) is 2.04. The highest BCUT2D eigenvalue weighted by Gasteiger charge is 2.55. The van der Waals surface area contributed by atoms with Gasteiger partial charge in [0.15, 0.2) is 0 Å². The standard InChI is InChI=1S/C25H33N7O3/c1-3-19(17-8-5-4-6-9-17)30-25(35)32-21(23(34)31(2)24-28-11-7-12-29-24)18(22(32)33)14-16-10-13-27-20(26)15-16/h7,10-13,15,17-19,21H,3-6,8-9,14H2,1-2H3,(H2,26,27)(H,30,35)/t18-,19-,21+/m1/s1. The number of urea groups is 1. The molecule has 1 aliphatic heterocycles. The Bertz CT molecular complexity index is 1060. The van der Waals surface area contributed by atoms with Gasteiger partial charge in [-0.25, -0.2) is 19.7 Å². The van der Waals surface area contributed by atoms with Crippen LogP contribution in [0.1, 0.15) is 51.0 Å². The van der Waals surface area contributed by atoms with E-state index in [1.165, 1.54) is 23.7 Å². The maximum atomic E-state index is 13.5. The number of amides is 4. The van der Waals surface area contributed by atoms with Gasteiger partial charge in [0, 0.05) is 31.7 Å². The van der Waals surface area contributed by atoms with Crippen LogP contribution in [0.15, 0.2) is 36.8 Å². The number of likely N-dealkylation sites (N-methyl/N-ethyl adjacent to an activating group) is 1. The highest BCUT2D eigenvalue weighted by Crippen LogP contribution is 2.33. The molecule has 2 aromatic heterocycles. The summed E-state index contributed by atoms with van der Waals surface area (Å²) >= 11 is 0. The van der Waals surface area contributed by atoms with Crippen LogP contribution in [0.3, 0.4) is 0 Å². The van der Waals surface area contributed by atoms with E-state index in [-0.39, 0.29) is 24.3 Å². The molecule has 1 saturated carbocycles. The van der Waals surface area contributed by atoms with Gasteiger partial charge in [-0.1, -0.05) is 26.2 Å². The number of hydrogen-bond donors (Lipinski definition) is 2. The molecule has 0 bridgehead atoms. The molecule has 4 amide bonds. The first kappa shape index (κ1) is 24.6. The molecule has 1 aliphatic carbocycles. The molecular formula is C25H33N7O3. The fourth-order valence-corrected chi connectivity index (χ4v) is 5.21. The summed E-state index contributed by atoms with van der Waals surface area (Å²) in [5.41, 5.74) is 6.58. The van der Waals surface area contributed by atoms with E-state index < -0.39 is 23.9 Å². The van der Waals surface area contributed by atoms with Gasteiger partial charge in [0.2, 0.25) is 11.9 Å². The molecule has 0 unspecified atom stereocenters. The molecule has 3 atom stereocenters. The van der Waals surface area contributed by atoms with Crippen LogP contribution in [0, 0.1) is 11.8 Å². The first-order chi connectivity index (χ1) is 16.9. The molecule has 3 heterocycles. The minimum atomic E-state index is -0.963. The van der Waals surface area contributed by atoms with Crippen molar-refractivity contribution >= 4 is 29.6 Å². The molecular weight excluding hydrogens is 446 g/mol. The number of hydrogen-bond acceptors (Lipinski definition) is 7. The largest absolute Gasteiger partial charge is 0.384 e. The number of pyridine rings is 1. The number of carbonyl (C=O) groups is 3. The van der Waals surface area contributed by atoms with Gasteiger partial charge >= 0.3 is 6.03 Å². The summed E-state index contributed by atoms with van der Waals surface area (Å²) in [6, 6.07) is 3.58. The number of carbonyl (C=O) groups excluding carboxylic acids is 3. The molecule has 10 heteroatoms. The molecule has 4 rings (SSSR count). The summed E-state index contributed by atoms with van der Waals surface area (Å²) in [6.07, 6.45) is 11.3. The van der Waals surface area contributed by atoms with Crippen LogP contribution in [0.2, 0.25) is 0 Å². The van der Waals surface area contributed by atoms with Crippen LogP contribution in [-0.2, 0) is 16.0 Å². The monoisotopic (exact) mass is 479 g/mol. The van der Waals surface area contributed by atoms with E-state index in [1.54, 1.807) is 31.4 Å². The number of aromatic nitrogens is 3. The second kappa shape index (κ2) is 10.8. The number of nitrogens with two attached hydrogens (primary N) is 1. The predicted octanol–water partition coefficient (Wildman–Crippen LogP) is 2.55. The van der Waals surface area contributed by atoms with E-state index in [9.17, 15) is 14.4 Å². The first-order valence-corrected chi connectivity index (χ1v) is 12.3. The van der Waals surface area contributed by atoms with Crippen LogP contribution < -0.4 is 16.0 Å². The lowest BCUT2D eigenvalue weighted by atomic mass is 9.81. The normalized spacial score (nSPS) is 21.2. The Morgan fingerprint density at radius 2 is 1.89 bits per heavy atom. The lowest BCUT2D eigenvalue weighted by molar-refractivity contribution is -0.156. The summed E-state index contributed by atoms with van der Waals surface area (Å²) in [7, 11) is 1.55. The summed E-state index contributed by atoms with van der Waals surface area (Å²) in [5, 5.41) is 3.06. The minimum Gasteiger partial charge on any atom is -0.384 e. The third-order valence-corrected chi connectivity index (χ3v) is 7.14. The van der Waals surface area contributed by atoms with Crippen molar-refractivity contribution in [3.05, 3.63) is 42.4 Å². The van der Waals surface area contributed by atoms with Crippen molar-refractivity contribution in [2.45, 2.75) is 64.0 Å². The number of β-lactam (4-membered cyclic amide) rings is 1. The number of rotatable bonds is 7. The summed E-state index contributed by atoms with van der Waals surface area (Å²) < 4.78 is 0. The lowest BCUT2D eigenvalue weighted by Crippen LogP contribution is -2.71. The molecule has 2 fully saturated rings. The van der Waals surface area contributed by atoms with Crippen molar-refractivity contribution in [1.29, 1.82) is 0 Å². The fraction of sp³-hybridized carbons (Fsp3) is 0.520. The van der Waals surface area contributed by atoms with Gasteiger partial charge in [-0.15, -0.1) is 0 Å². The third-order valence-electron chi connectivity index (χ3n) is 7.14. The summed E-state index contributed by atoms with van der Waals surface area (Å²) in [4.78, 5) is 54.7. The molecule has 2 aliphatic rings. The molecule has 186 valence electrons. The zero-order chi connectivity index (χ0) is 24.9. The van der Waals surface area contributed by atoms with Gasteiger partial charge in [-0.2, -0.15) is 0 Å². The average molecular weight is 480 g/mol. The third kappa shape index (κ3) is 5.26. The van der Waals surface area contributed by atoms with Crippen molar-refractivity contribution in [2.75, 3.05) is 17.7 Å². The highest BCUT2D eigenvalue weighted by atomic mass is 16.2. The molecule has 1 saturated heterocycles. The van der Waals surface area contributed by atoms with Crippen LogP contribution in [0.25, 0.3) is 0 Å². The van der Waals surface area contributed by atoms with Crippen molar-refractivity contribution in [3.63, 3.8) is 0 Å². The SMILES string of the molecule is CC[C@@H](NC(=O)N1C(=O)[C@H](Cc2ccnc(N)c2)[C@H]1C(=O)N(C)c1ncccn1)C1CCCCC1. The number of nitrogen functional groups attached to an aromatic ring is 1. The maximum Gasteiger partial charge on any atom is 0.325 e. The van der Waals surface area contributed by atoms with Crippen molar-refractivity contribution in [2.24, 2.45) is 11.8 Å². The molecule has 2 aromatic rings. The smallest absolute Gasteiger partial charge is 0.325 e. The van der Waals surface area contributed by atoms with Gasteiger partial charge in [0.1, 0.15) is 11.9 Å². The van der Waals surface area contributed by atoms with E-state index in [4.69, 9.17) is 5.73 Å². The van der Waals surface area contributed by atoms with E-state index in [2.05, 4.69) is 20.3 Å². The number of imide groups is 1. The van der Waals surface area contributed by atoms with Gasteiger partial charge < -0.3 is 11.1 Å². The Hall–Kier alpha value is -3.56. The quantitative estimate of drug-likeness (QED) is 0.583. The fourth-order valence-electron chi connectivity index (χ4n) is 5.21. The van der Waals surface area contributed by atoms with Gasteiger partial charge in [-0.3, -0.25) is 19.4 Å². The van der Waals surface area contributed by atoms with Crippen LogP contribution in [-0.4, -0.2) is 56.8 Å². The second-order valence-electron chi connectivity index (χ2n) is 9.36.